The fourth-order valence-corrected chi connectivity index (χ4v) is 2.48. The van der Waals surface area contributed by atoms with Crippen molar-refractivity contribution in [2.24, 2.45) is 16.5 Å². The van der Waals surface area contributed by atoms with Crippen LogP contribution >= 0.6 is 0 Å². The molecule has 0 fully saturated rings. The molecule has 0 spiro atoms. The molecule has 0 aliphatic heterocycles. The molecule has 0 aliphatic carbocycles. The molecule has 1 amide bonds. The van der Waals surface area contributed by atoms with E-state index in [0.717, 1.165) is 12.2 Å². The van der Waals surface area contributed by atoms with E-state index in [2.05, 4.69) is 10.3 Å². The Hall–Kier alpha value is -4.14. The molecule has 2 aromatic carbocycles. The second-order valence-electron chi connectivity index (χ2n) is 5.28. The Morgan fingerprint density at radius 1 is 1.11 bits per heavy atom. The summed E-state index contributed by atoms with van der Waals surface area (Å²) in [5.41, 5.74) is 12.3. The molecule has 9 nitrogen and oxygen atoms in total. The van der Waals surface area contributed by atoms with Gasteiger partial charge in [0, 0.05) is 17.2 Å². The van der Waals surface area contributed by atoms with Gasteiger partial charge in [-0.3, -0.25) is 4.79 Å². The third-order valence-electron chi connectivity index (χ3n) is 3.49. The average molecular weight is 368 g/mol. The van der Waals surface area contributed by atoms with Crippen LogP contribution in [0.3, 0.4) is 0 Å². The summed E-state index contributed by atoms with van der Waals surface area (Å²) in [6.45, 7) is 0. The average Bonchev–Trinajstić information content (AvgIpc) is 2.59. The molecule has 9 heteroatoms. The summed E-state index contributed by atoms with van der Waals surface area (Å²) in [5.74, 6) is -2.66. The summed E-state index contributed by atoms with van der Waals surface area (Å²) >= 11 is 0. The number of carbonyl (C=O) groups is 3. The van der Waals surface area contributed by atoms with E-state index in [1.54, 1.807) is 24.3 Å². The molecule has 7 N–H and O–H groups in total. The first-order valence-corrected chi connectivity index (χ1v) is 7.55. The van der Waals surface area contributed by atoms with Gasteiger partial charge in [-0.15, -0.1) is 0 Å². The lowest BCUT2D eigenvalue weighted by molar-refractivity contribution is -0.131. The highest BCUT2D eigenvalue weighted by molar-refractivity contribution is 6.02. The van der Waals surface area contributed by atoms with E-state index in [1.807, 2.05) is 0 Å². The minimum Gasteiger partial charge on any atom is -0.478 e. The summed E-state index contributed by atoms with van der Waals surface area (Å²) in [7, 11) is 0. The van der Waals surface area contributed by atoms with Gasteiger partial charge < -0.3 is 27.0 Å². The zero-order chi connectivity index (χ0) is 20.0. The lowest BCUT2D eigenvalue weighted by Gasteiger charge is -2.15. The smallest absolute Gasteiger partial charge is 0.336 e. The molecule has 0 atom stereocenters. The number of aliphatic imine (C=N–C) groups is 1. The Labute approximate surface area is 153 Å². The number of hydrogen-bond donors (Lipinski definition) is 5. The summed E-state index contributed by atoms with van der Waals surface area (Å²) < 4.78 is 0. The molecule has 0 radical (unpaired) electrons. The fraction of sp³-hybridized carbons (Fsp3) is 0. The Balaban J connectivity index is 2.75. The van der Waals surface area contributed by atoms with Gasteiger partial charge in [0.15, 0.2) is 5.96 Å². The highest BCUT2D eigenvalue weighted by Crippen LogP contribution is 2.35. The molecule has 2 rings (SSSR count). The number of nitrogens with one attached hydrogen (secondary N) is 1. The van der Waals surface area contributed by atoms with Crippen molar-refractivity contribution in [2.75, 3.05) is 5.32 Å². The number of carboxylic acid groups (broad SMARTS) is 2. The highest BCUT2D eigenvalue weighted by atomic mass is 16.4. The number of carboxylic acids is 2. The monoisotopic (exact) mass is 368 g/mol. The Morgan fingerprint density at radius 3 is 2.44 bits per heavy atom. The third-order valence-corrected chi connectivity index (χ3v) is 3.49. The molecule has 138 valence electrons. The summed E-state index contributed by atoms with van der Waals surface area (Å²) in [4.78, 5) is 37.4. The minimum absolute atomic E-state index is 0.0433. The number of nitrogens with two attached hydrogens (primary N) is 2. The lowest BCUT2D eigenvalue weighted by atomic mass is 9.95. The van der Waals surface area contributed by atoms with Crippen molar-refractivity contribution in [2.45, 2.75) is 0 Å². The number of benzene rings is 2. The van der Waals surface area contributed by atoms with E-state index >= 15 is 0 Å². The molecule has 0 unspecified atom stereocenters. The van der Waals surface area contributed by atoms with Crippen LogP contribution < -0.4 is 16.8 Å². The van der Waals surface area contributed by atoms with Crippen LogP contribution in [0.25, 0.3) is 17.2 Å². The topological polar surface area (TPSA) is 168 Å². The normalized spacial score (nSPS) is 10.4. The molecular formula is C18H16N4O5. The van der Waals surface area contributed by atoms with Crippen molar-refractivity contribution in [3.05, 3.63) is 53.6 Å². The van der Waals surface area contributed by atoms with Gasteiger partial charge in [0.05, 0.1) is 16.9 Å². The maximum Gasteiger partial charge on any atom is 0.336 e. The van der Waals surface area contributed by atoms with E-state index in [9.17, 15) is 19.5 Å². The van der Waals surface area contributed by atoms with Crippen LogP contribution in [0.2, 0.25) is 0 Å². The van der Waals surface area contributed by atoms with Gasteiger partial charge in [-0.05, 0) is 29.8 Å². The second kappa shape index (κ2) is 8.30. The molecule has 0 heterocycles. The standard InChI is InChI=1S/C18H16N4O5/c19-18(20)22-11-3-1-2-10(8-11)12-4-5-14(17(26)27)13(6-7-15(24)25)16(12)21-9-23/h1-9H,(H,21,23)(H,24,25)(H,26,27)(H4,19,20,22). The molecular weight excluding hydrogens is 352 g/mol. The van der Waals surface area contributed by atoms with Crippen molar-refractivity contribution in [1.29, 1.82) is 0 Å². The van der Waals surface area contributed by atoms with Crippen LogP contribution in [0.15, 0.2) is 47.5 Å². The van der Waals surface area contributed by atoms with Gasteiger partial charge in [0.1, 0.15) is 0 Å². The Kier molecular flexibility index (Phi) is 5.90. The largest absolute Gasteiger partial charge is 0.478 e. The first-order chi connectivity index (χ1) is 12.8. The number of aromatic carboxylic acids is 1. The molecule has 2 aromatic rings. The van der Waals surface area contributed by atoms with Gasteiger partial charge in [-0.2, -0.15) is 0 Å². The number of anilines is 1. The van der Waals surface area contributed by atoms with Crippen molar-refractivity contribution >= 4 is 41.8 Å². The van der Waals surface area contributed by atoms with Gasteiger partial charge in [0.2, 0.25) is 6.41 Å². The molecule has 0 bridgehead atoms. The number of hydrogen-bond acceptors (Lipinski definition) is 4. The summed E-state index contributed by atoms with van der Waals surface area (Å²) in [5, 5.41) is 20.7. The van der Waals surface area contributed by atoms with Crippen molar-refractivity contribution < 1.29 is 24.6 Å². The molecule has 27 heavy (non-hydrogen) atoms. The van der Waals surface area contributed by atoms with Crippen LogP contribution in [0.4, 0.5) is 11.4 Å². The van der Waals surface area contributed by atoms with Crippen LogP contribution in [-0.2, 0) is 9.59 Å². The third kappa shape index (κ3) is 4.69. The first kappa shape index (κ1) is 19.2. The van der Waals surface area contributed by atoms with E-state index in [1.165, 1.54) is 12.1 Å². The van der Waals surface area contributed by atoms with Gasteiger partial charge >= 0.3 is 11.9 Å². The lowest BCUT2D eigenvalue weighted by Crippen LogP contribution is -2.21. The van der Waals surface area contributed by atoms with Gasteiger partial charge in [-0.1, -0.05) is 18.2 Å². The molecule has 0 saturated heterocycles. The van der Waals surface area contributed by atoms with Crippen molar-refractivity contribution in [1.82, 2.24) is 0 Å². The Bertz CT molecular complexity index is 962. The zero-order valence-electron chi connectivity index (χ0n) is 13.9. The molecule has 0 saturated carbocycles. The highest BCUT2D eigenvalue weighted by Gasteiger charge is 2.17. The number of carbonyl (C=O) groups excluding carboxylic acids is 1. The molecule has 0 aliphatic rings. The van der Waals surface area contributed by atoms with E-state index in [-0.39, 0.29) is 22.8 Å². The van der Waals surface area contributed by atoms with Gasteiger partial charge in [0.25, 0.3) is 0 Å². The first-order valence-electron chi connectivity index (χ1n) is 7.55. The number of amides is 1. The second-order valence-corrected chi connectivity index (χ2v) is 5.28. The SMILES string of the molecule is NC(N)=Nc1cccc(-c2ccc(C(=O)O)c(C=CC(=O)O)c2NC=O)c1. The predicted octanol–water partition coefficient (Wildman–Crippen LogP) is 1.62. The maximum absolute atomic E-state index is 11.5. The predicted molar refractivity (Wildman–Crippen MR) is 101 cm³/mol. The van der Waals surface area contributed by atoms with Crippen molar-refractivity contribution in [3.63, 3.8) is 0 Å². The minimum atomic E-state index is -1.27. The van der Waals surface area contributed by atoms with Crippen LogP contribution in [0, 0.1) is 0 Å². The number of rotatable bonds is 7. The Morgan fingerprint density at radius 2 is 1.85 bits per heavy atom. The summed E-state index contributed by atoms with van der Waals surface area (Å²) in [6.07, 6.45) is 2.28. The zero-order valence-corrected chi connectivity index (χ0v) is 13.9. The number of nitrogens with zero attached hydrogens (tertiary/aromatic N) is 1. The number of guanidine groups is 1. The van der Waals surface area contributed by atoms with E-state index in [4.69, 9.17) is 16.6 Å². The van der Waals surface area contributed by atoms with Crippen LogP contribution in [-0.4, -0.2) is 34.5 Å². The number of aliphatic carboxylic acids is 1. The quantitative estimate of drug-likeness (QED) is 0.214. The van der Waals surface area contributed by atoms with Crippen molar-refractivity contribution in [3.8, 4) is 11.1 Å². The summed E-state index contributed by atoms with van der Waals surface area (Å²) in [6, 6.07) is 9.51. The molecule has 0 aromatic heterocycles. The van der Waals surface area contributed by atoms with E-state index < -0.39 is 11.9 Å². The van der Waals surface area contributed by atoms with Gasteiger partial charge in [-0.25, -0.2) is 14.6 Å². The maximum atomic E-state index is 11.5. The van der Waals surface area contributed by atoms with Crippen LogP contribution in [0.5, 0.6) is 0 Å². The van der Waals surface area contributed by atoms with Crippen LogP contribution in [0.1, 0.15) is 15.9 Å². The fourth-order valence-electron chi connectivity index (χ4n) is 2.48. The van der Waals surface area contributed by atoms with E-state index in [0.29, 0.717) is 23.2 Å².